The Morgan fingerprint density at radius 1 is 0.309 bits per heavy atom. The van der Waals surface area contributed by atoms with Crippen molar-refractivity contribution in [3.8, 4) is 62.1 Å². The molecule has 0 atom stereocenters. The highest BCUT2D eigenvalue weighted by atomic mass is 15.0. The maximum Gasteiger partial charge on any atom is 0.164 e. The normalized spacial score (nSPS) is 12.0. The molecule has 2 aromatic heterocycles. The lowest BCUT2D eigenvalue weighted by Crippen LogP contribution is -2.01. The first-order valence-electron chi connectivity index (χ1n) is 18.7. The number of benzene rings is 9. The molecule has 12 rings (SSSR count). The highest BCUT2D eigenvalue weighted by Gasteiger charge is 2.26. The van der Waals surface area contributed by atoms with Crippen molar-refractivity contribution in [2.75, 3.05) is 0 Å². The first-order valence-corrected chi connectivity index (χ1v) is 18.7. The topological polar surface area (TPSA) is 43.6 Å². The number of rotatable bonds is 4. The van der Waals surface area contributed by atoms with Crippen LogP contribution in [0.1, 0.15) is 0 Å². The second kappa shape index (κ2) is 11.5. The lowest BCUT2D eigenvalue weighted by Gasteiger charge is -2.17. The first-order chi connectivity index (χ1) is 27.3. The zero-order valence-corrected chi connectivity index (χ0v) is 29.6. The summed E-state index contributed by atoms with van der Waals surface area (Å²) in [6, 6.07) is 65.0. The molecule has 55 heavy (non-hydrogen) atoms. The van der Waals surface area contributed by atoms with Crippen LogP contribution in [0.15, 0.2) is 182 Å². The van der Waals surface area contributed by atoms with Gasteiger partial charge in [-0.2, -0.15) is 0 Å². The van der Waals surface area contributed by atoms with Gasteiger partial charge in [-0.25, -0.2) is 15.0 Å². The number of nitrogens with zero attached hydrogens (tertiary/aromatic N) is 4. The molecule has 0 saturated heterocycles. The molecule has 0 amide bonds. The van der Waals surface area contributed by atoms with Crippen molar-refractivity contribution in [2.24, 2.45) is 0 Å². The zero-order valence-electron chi connectivity index (χ0n) is 29.6. The largest absolute Gasteiger partial charge is 0.309 e. The van der Waals surface area contributed by atoms with Crippen LogP contribution in [0.5, 0.6) is 0 Å². The predicted octanol–water partition coefficient (Wildman–Crippen LogP) is 13.1. The minimum atomic E-state index is 0.647. The molecule has 1 aliphatic rings. The summed E-state index contributed by atoms with van der Waals surface area (Å²) < 4.78 is 2.48. The van der Waals surface area contributed by atoms with Gasteiger partial charge in [0.05, 0.1) is 16.7 Å². The monoisotopic (exact) mass is 698 g/mol. The van der Waals surface area contributed by atoms with E-state index in [-0.39, 0.29) is 0 Å². The van der Waals surface area contributed by atoms with E-state index in [1.165, 1.54) is 65.6 Å². The third-order valence-electron chi connectivity index (χ3n) is 11.4. The molecular formula is C51H30N4. The summed E-state index contributed by atoms with van der Waals surface area (Å²) in [6.07, 6.45) is 0. The van der Waals surface area contributed by atoms with Gasteiger partial charge in [0.2, 0.25) is 0 Å². The Labute approximate surface area is 316 Å². The van der Waals surface area contributed by atoms with Crippen LogP contribution in [-0.4, -0.2) is 19.5 Å². The van der Waals surface area contributed by atoms with E-state index in [1.807, 2.05) is 36.4 Å². The standard InChI is InChI=1S/C51H30N4/c1-3-14-31(15-4-1)49-52-50(32-16-5-2-6-17-32)54-51(53-49)41-27-28-43(38-23-12-11-22-37(38)41)55-44-25-13-24-39-35-20-9-10-21-36(35)42-30-33-18-7-8-19-34(33)40-26-29-45(55)48(46(40)42)47(39)44/h1-30H. The SMILES string of the molecule is c1ccc(-c2nc(-c3ccccc3)nc(-c3ccc(-n4c5cccc6c5c5c7c(cc8ccccc8c7ccc54)-c4ccccc4-6)c4ccccc34)n2)cc1. The van der Waals surface area contributed by atoms with Crippen LogP contribution in [0, 0.1) is 0 Å². The van der Waals surface area contributed by atoms with Crippen molar-refractivity contribution in [2.45, 2.75) is 0 Å². The maximum absolute atomic E-state index is 5.12. The second-order valence-corrected chi connectivity index (χ2v) is 14.3. The van der Waals surface area contributed by atoms with Crippen molar-refractivity contribution in [1.82, 2.24) is 19.5 Å². The fraction of sp³-hybridized carbons (Fsp3) is 0. The summed E-state index contributed by atoms with van der Waals surface area (Å²) in [7, 11) is 0. The minimum absolute atomic E-state index is 0.647. The summed E-state index contributed by atoms with van der Waals surface area (Å²) in [5.41, 5.74) is 11.4. The van der Waals surface area contributed by atoms with Crippen LogP contribution in [-0.2, 0) is 0 Å². The Kier molecular flexibility index (Phi) is 6.31. The first kappa shape index (κ1) is 30.1. The summed E-state index contributed by atoms with van der Waals surface area (Å²) >= 11 is 0. The van der Waals surface area contributed by atoms with Crippen molar-refractivity contribution in [3.05, 3.63) is 182 Å². The Morgan fingerprint density at radius 2 is 0.891 bits per heavy atom. The second-order valence-electron chi connectivity index (χ2n) is 14.3. The Bertz CT molecular complexity index is 3310. The van der Waals surface area contributed by atoms with Gasteiger partial charge < -0.3 is 4.57 Å². The summed E-state index contributed by atoms with van der Waals surface area (Å²) in [6.45, 7) is 0. The van der Waals surface area contributed by atoms with E-state index < -0.39 is 0 Å². The third kappa shape index (κ3) is 4.37. The van der Waals surface area contributed by atoms with Crippen molar-refractivity contribution < 1.29 is 0 Å². The highest BCUT2D eigenvalue weighted by Crippen LogP contribution is 2.51. The van der Waals surface area contributed by atoms with Crippen LogP contribution in [0.25, 0.3) is 116 Å². The van der Waals surface area contributed by atoms with Crippen LogP contribution in [0.3, 0.4) is 0 Å². The molecule has 0 radical (unpaired) electrons. The Balaban J connectivity index is 1.16. The molecular weight excluding hydrogens is 669 g/mol. The molecule has 0 saturated carbocycles. The molecule has 0 unspecified atom stereocenters. The van der Waals surface area contributed by atoms with Gasteiger partial charge in [0, 0.05) is 38.2 Å². The molecule has 4 heteroatoms. The summed E-state index contributed by atoms with van der Waals surface area (Å²) in [5.74, 6) is 1.95. The molecule has 2 heterocycles. The maximum atomic E-state index is 5.12. The quantitative estimate of drug-likeness (QED) is 0.172. The lowest BCUT2D eigenvalue weighted by atomic mass is 9.90. The number of hydrogen-bond donors (Lipinski definition) is 0. The highest BCUT2D eigenvalue weighted by molar-refractivity contribution is 6.34. The fourth-order valence-corrected chi connectivity index (χ4v) is 9.00. The van der Waals surface area contributed by atoms with Crippen LogP contribution >= 0.6 is 0 Å². The number of fused-ring (bicyclic) bond motifs is 6. The Morgan fingerprint density at radius 3 is 1.64 bits per heavy atom. The smallest absolute Gasteiger partial charge is 0.164 e. The van der Waals surface area contributed by atoms with Crippen molar-refractivity contribution in [3.63, 3.8) is 0 Å². The van der Waals surface area contributed by atoms with Gasteiger partial charge in [0.15, 0.2) is 17.5 Å². The molecule has 11 aromatic rings. The molecule has 1 aliphatic carbocycles. The predicted molar refractivity (Wildman–Crippen MR) is 227 cm³/mol. The minimum Gasteiger partial charge on any atom is -0.309 e. The van der Waals surface area contributed by atoms with Crippen LogP contribution < -0.4 is 0 Å². The molecule has 0 aliphatic heterocycles. The van der Waals surface area contributed by atoms with E-state index in [0.717, 1.165) is 33.2 Å². The van der Waals surface area contributed by atoms with Gasteiger partial charge in [-0.15, -0.1) is 0 Å². The molecule has 4 nitrogen and oxygen atoms in total. The van der Waals surface area contributed by atoms with Gasteiger partial charge in [-0.05, 0) is 74.1 Å². The van der Waals surface area contributed by atoms with Crippen LogP contribution in [0.4, 0.5) is 0 Å². The van der Waals surface area contributed by atoms with Gasteiger partial charge in [-0.3, -0.25) is 0 Å². The number of aromatic nitrogens is 4. The van der Waals surface area contributed by atoms with Crippen molar-refractivity contribution in [1.29, 1.82) is 0 Å². The molecule has 254 valence electrons. The van der Waals surface area contributed by atoms with E-state index >= 15 is 0 Å². The molecule has 0 fully saturated rings. The van der Waals surface area contributed by atoms with E-state index in [2.05, 4.69) is 150 Å². The van der Waals surface area contributed by atoms with Crippen molar-refractivity contribution >= 4 is 54.1 Å². The lowest BCUT2D eigenvalue weighted by molar-refractivity contribution is 1.08. The molecule has 0 bridgehead atoms. The molecule has 9 aromatic carbocycles. The zero-order chi connectivity index (χ0) is 36.0. The molecule has 0 N–H and O–H groups in total. The summed E-state index contributed by atoms with van der Waals surface area (Å²) in [5, 5.41) is 9.92. The fourth-order valence-electron chi connectivity index (χ4n) is 9.00. The van der Waals surface area contributed by atoms with E-state index in [4.69, 9.17) is 15.0 Å². The molecule has 0 spiro atoms. The van der Waals surface area contributed by atoms with E-state index in [9.17, 15) is 0 Å². The Hall–Kier alpha value is -7.43. The number of hydrogen-bond acceptors (Lipinski definition) is 3. The third-order valence-corrected chi connectivity index (χ3v) is 11.4. The average Bonchev–Trinajstić information content (AvgIpc) is 3.54. The van der Waals surface area contributed by atoms with Gasteiger partial charge in [-0.1, -0.05) is 152 Å². The van der Waals surface area contributed by atoms with E-state index in [1.54, 1.807) is 0 Å². The van der Waals surface area contributed by atoms with Crippen LogP contribution in [0.2, 0.25) is 0 Å². The van der Waals surface area contributed by atoms with Gasteiger partial charge in [0.1, 0.15) is 0 Å². The summed E-state index contributed by atoms with van der Waals surface area (Å²) in [4.78, 5) is 15.2. The average molecular weight is 699 g/mol. The van der Waals surface area contributed by atoms with Gasteiger partial charge >= 0.3 is 0 Å². The van der Waals surface area contributed by atoms with Gasteiger partial charge in [0.25, 0.3) is 0 Å². The van der Waals surface area contributed by atoms with E-state index in [0.29, 0.717) is 17.5 Å².